The van der Waals surface area contributed by atoms with E-state index in [2.05, 4.69) is 4.98 Å². The number of rotatable bonds is 1. The van der Waals surface area contributed by atoms with Crippen molar-refractivity contribution in [1.29, 1.82) is 5.26 Å². The predicted octanol–water partition coefficient (Wildman–Crippen LogP) is 0.893. The fourth-order valence-corrected chi connectivity index (χ4v) is 0.789. The first kappa shape index (κ1) is 7.35. The maximum Gasteiger partial charge on any atom is 0.352 e. The van der Waals surface area contributed by atoms with Crippen molar-refractivity contribution in [2.24, 2.45) is 0 Å². The molecule has 0 atom stereocenters. The summed E-state index contributed by atoms with van der Waals surface area (Å²) in [4.78, 5) is 12.8. The van der Waals surface area contributed by atoms with Crippen LogP contribution in [0, 0.1) is 18.3 Å². The molecule has 0 fully saturated rings. The minimum absolute atomic E-state index is 0.0547. The quantitative estimate of drug-likeness (QED) is 0.624. The van der Waals surface area contributed by atoms with Crippen molar-refractivity contribution >= 4 is 5.97 Å². The van der Waals surface area contributed by atoms with Gasteiger partial charge in [0.25, 0.3) is 0 Å². The average Bonchev–Trinajstić information content (AvgIpc) is 2.31. The Hall–Kier alpha value is -1.76. The maximum absolute atomic E-state index is 10.3. The van der Waals surface area contributed by atoms with Crippen LogP contribution in [-0.2, 0) is 0 Å². The summed E-state index contributed by atoms with van der Waals surface area (Å²) in [6.07, 6.45) is 0. The lowest BCUT2D eigenvalue weighted by Gasteiger charge is -1.82. The molecule has 0 saturated heterocycles. The van der Waals surface area contributed by atoms with Crippen LogP contribution >= 0.6 is 0 Å². The third kappa shape index (κ3) is 1.22. The van der Waals surface area contributed by atoms with Crippen molar-refractivity contribution in [3.8, 4) is 6.07 Å². The Kier molecular flexibility index (Phi) is 1.65. The molecule has 0 aliphatic carbocycles. The molecule has 1 heterocycles. The summed E-state index contributed by atoms with van der Waals surface area (Å²) in [6.45, 7) is 1.68. The van der Waals surface area contributed by atoms with Crippen LogP contribution in [0.3, 0.4) is 0 Å². The highest BCUT2D eigenvalue weighted by Crippen LogP contribution is 2.07. The van der Waals surface area contributed by atoms with E-state index in [1.807, 2.05) is 6.07 Å². The van der Waals surface area contributed by atoms with Gasteiger partial charge in [-0.1, -0.05) is 0 Å². The lowest BCUT2D eigenvalue weighted by atomic mass is 10.3. The molecule has 11 heavy (non-hydrogen) atoms. The first-order valence-corrected chi connectivity index (χ1v) is 2.98. The Balaban J connectivity index is 3.18. The molecule has 0 radical (unpaired) electrons. The number of H-pyrrole nitrogens is 1. The molecule has 1 rings (SSSR count). The van der Waals surface area contributed by atoms with Crippen molar-refractivity contribution in [1.82, 2.24) is 4.98 Å². The van der Waals surface area contributed by atoms with Crippen LogP contribution in [0.2, 0.25) is 0 Å². The van der Waals surface area contributed by atoms with Gasteiger partial charge in [0, 0.05) is 0 Å². The van der Waals surface area contributed by atoms with Gasteiger partial charge in [0.2, 0.25) is 0 Å². The first-order valence-electron chi connectivity index (χ1n) is 2.98. The molecule has 56 valence electrons. The van der Waals surface area contributed by atoms with Gasteiger partial charge >= 0.3 is 5.97 Å². The van der Waals surface area contributed by atoms with Gasteiger partial charge in [0.15, 0.2) is 0 Å². The standard InChI is InChI=1S/C7H6N2O2/c1-4-2-5(7(10)11)9-6(4)3-8/h2,9H,1H3,(H,10,11). The molecular weight excluding hydrogens is 144 g/mol. The number of nitriles is 1. The van der Waals surface area contributed by atoms with Crippen molar-refractivity contribution in [2.75, 3.05) is 0 Å². The zero-order valence-corrected chi connectivity index (χ0v) is 5.88. The number of aromatic nitrogens is 1. The van der Waals surface area contributed by atoms with Gasteiger partial charge in [-0.3, -0.25) is 0 Å². The highest BCUT2D eigenvalue weighted by Gasteiger charge is 2.08. The molecule has 1 aromatic heterocycles. The molecule has 1 aromatic rings. The summed E-state index contributed by atoms with van der Waals surface area (Å²) < 4.78 is 0. The van der Waals surface area contributed by atoms with Gasteiger partial charge in [-0.2, -0.15) is 5.26 Å². The summed E-state index contributed by atoms with van der Waals surface area (Å²) in [6, 6.07) is 3.28. The van der Waals surface area contributed by atoms with Gasteiger partial charge in [-0.05, 0) is 18.6 Å². The SMILES string of the molecule is Cc1cc(C(=O)O)[nH]c1C#N. The second kappa shape index (κ2) is 2.46. The highest BCUT2D eigenvalue weighted by molar-refractivity contribution is 5.86. The zero-order valence-electron chi connectivity index (χ0n) is 5.88. The Morgan fingerprint density at radius 3 is 2.73 bits per heavy atom. The summed E-state index contributed by atoms with van der Waals surface area (Å²) in [5, 5.41) is 16.9. The third-order valence-electron chi connectivity index (χ3n) is 1.36. The van der Waals surface area contributed by atoms with Crippen LogP contribution in [0.1, 0.15) is 21.7 Å². The minimum atomic E-state index is -1.05. The Bertz CT molecular complexity index is 333. The number of aromatic carboxylic acids is 1. The molecule has 0 saturated carbocycles. The fourth-order valence-electron chi connectivity index (χ4n) is 0.789. The van der Waals surface area contributed by atoms with Crippen LogP contribution in [0.4, 0.5) is 0 Å². The molecule has 4 nitrogen and oxygen atoms in total. The first-order chi connectivity index (χ1) is 5.15. The summed E-state index contributed by atoms with van der Waals surface area (Å²) in [7, 11) is 0. The molecule has 2 N–H and O–H groups in total. The second-order valence-corrected chi connectivity index (χ2v) is 2.16. The number of carboxylic acid groups (broad SMARTS) is 1. The largest absolute Gasteiger partial charge is 0.477 e. The lowest BCUT2D eigenvalue weighted by molar-refractivity contribution is 0.0691. The molecule has 4 heteroatoms. The number of carboxylic acids is 1. The van der Waals surface area contributed by atoms with Gasteiger partial charge < -0.3 is 10.1 Å². The molecule has 0 amide bonds. The highest BCUT2D eigenvalue weighted by atomic mass is 16.4. The molecule has 0 aliphatic heterocycles. The summed E-state index contributed by atoms with van der Waals surface area (Å²) in [5.41, 5.74) is 1.02. The lowest BCUT2D eigenvalue weighted by Crippen LogP contribution is -1.95. The normalized spacial score (nSPS) is 9.09. The molecular formula is C7H6N2O2. The van der Waals surface area contributed by atoms with Crippen LogP contribution < -0.4 is 0 Å². The number of hydrogen-bond acceptors (Lipinski definition) is 2. The van der Waals surface area contributed by atoms with E-state index in [1.165, 1.54) is 6.07 Å². The molecule has 0 aromatic carbocycles. The van der Waals surface area contributed by atoms with E-state index in [1.54, 1.807) is 6.92 Å². The fraction of sp³-hybridized carbons (Fsp3) is 0.143. The molecule has 0 unspecified atom stereocenters. The molecule has 0 bridgehead atoms. The Morgan fingerprint density at radius 1 is 1.82 bits per heavy atom. The second-order valence-electron chi connectivity index (χ2n) is 2.16. The zero-order chi connectivity index (χ0) is 8.43. The third-order valence-corrected chi connectivity index (χ3v) is 1.36. The maximum atomic E-state index is 10.3. The monoisotopic (exact) mass is 150 g/mol. The molecule has 0 aliphatic rings. The van der Waals surface area contributed by atoms with E-state index >= 15 is 0 Å². The van der Waals surface area contributed by atoms with Crippen molar-refractivity contribution < 1.29 is 9.90 Å². The van der Waals surface area contributed by atoms with E-state index in [-0.39, 0.29) is 5.69 Å². The van der Waals surface area contributed by atoms with Gasteiger partial charge in [0.1, 0.15) is 17.5 Å². The predicted molar refractivity (Wildman–Crippen MR) is 37.2 cm³/mol. The number of nitrogens with zero attached hydrogens (tertiary/aromatic N) is 1. The van der Waals surface area contributed by atoms with Crippen molar-refractivity contribution in [3.63, 3.8) is 0 Å². The Morgan fingerprint density at radius 2 is 2.45 bits per heavy atom. The van der Waals surface area contributed by atoms with E-state index in [4.69, 9.17) is 10.4 Å². The van der Waals surface area contributed by atoms with E-state index in [9.17, 15) is 4.79 Å². The number of carbonyl (C=O) groups is 1. The van der Waals surface area contributed by atoms with Crippen molar-refractivity contribution in [3.05, 3.63) is 23.0 Å². The van der Waals surface area contributed by atoms with Crippen LogP contribution in [0.5, 0.6) is 0 Å². The van der Waals surface area contributed by atoms with Gasteiger partial charge in [-0.15, -0.1) is 0 Å². The smallest absolute Gasteiger partial charge is 0.352 e. The van der Waals surface area contributed by atoms with Crippen molar-refractivity contribution in [2.45, 2.75) is 6.92 Å². The van der Waals surface area contributed by atoms with E-state index in [0.29, 0.717) is 11.3 Å². The van der Waals surface area contributed by atoms with E-state index < -0.39 is 5.97 Å². The number of hydrogen-bond donors (Lipinski definition) is 2. The number of aryl methyl sites for hydroxylation is 1. The van der Waals surface area contributed by atoms with Crippen LogP contribution in [0.25, 0.3) is 0 Å². The van der Waals surface area contributed by atoms with Gasteiger partial charge in [0.05, 0.1) is 0 Å². The summed E-state index contributed by atoms with van der Waals surface area (Å²) in [5.74, 6) is -1.05. The Labute approximate surface area is 63.1 Å². The van der Waals surface area contributed by atoms with E-state index in [0.717, 1.165) is 0 Å². The average molecular weight is 150 g/mol. The van der Waals surface area contributed by atoms with Crippen LogP contribution in [-0.4, -0.2) is 16.1 Å². The number of nitrogens with one attached hydrogen (secondary N) is 1. The molecule has 0 spiro atoms. The van der Waals surface area contributed by atoms with Gasteiger partial charge in [-0.25, -0.2) is 4.79 Å². The topological polar surface area (TPSA) is 76.9 Å². The summed E-state index contributed by atoms with van der Waals surface area (Å²) >= 11 is 0. The minimum Gasteiger partial charge on any atom is -0.477 e. The van der Waals surface area contributed by atoms with Crippen LogP contribution in [0.15, 0.2) is 6.07 Å². The number of aromatic amines is 1.